The number of hydrogen-bond donors (Lipinski definition) is 0. The zero-order valence-electron chi connectivity index (χ0n) is 18.6. The third-order valence-corrected chi connectivity index (χ3v) is 6.14. The number of aryl methyl sites for hydroxylation is 1. The van der Waals surface area contributed by atoms with Crippen LogP contribution in [-0.2, 0) is 16.0 Å². The van der Waals surface area contributed by atoms with Crippen LogP contribution in [0.25, 0.3) is 0 Å². The van der Waals surface area contributed by atoms with Gasteiger partial charge in [0.25, 0.3) is 0 Å². The topological polar surface area (TPSA) is 58.6 Å². The van der Waals surface area contributed by atoms with E-state index in [0.717, 1.165) is 48.0 Å². The minimum absolute atomic E-state index is 0.00873. The van der Waals surface area contributed by atoms with Gasteiger partial charge in [0.05, 0.1) is 18.2 Å². The first-order valence-electron chi connectivity index (χ1n) is 11.2. The summed E-state index contributed by atoms with van der Waals surface area (Å²) < 4.78 is 18.8. The Labute approximate surface area is 183 Å². The molecule has 166 valence electrons. The van der Waals surface area contributed by atoms with Crippen molar-refractivity contribution in [3.05, 3.63) is 52.7 Å². The van der Waals surface area contributed by atoms with Crippen LogP contribution < -0.4 is 4.90 Å². The van der Waals surface area contributed by atoms with E-state index in [1.165, 1.54) is 12.1 Å². The molecule has 1 amide bonds. The highest BCUT2D eigenvalue weighted by Crippen LogP contribution is 2.30. The molecule has 1 aromatic carbocycles. The van der Waals surface area contributed by atoms with Crippen LogP contribution in [-0.4, -0.2) is 60.2 Å². The number of hydrogen-bond acceptors (Lipinski definition) is 5. The Morgan fingerprint density at radius 2 is 1.87 bits per heavy atom. The molecule has 0 radical (unpaired) electrons. The van der Waals surface area contributed by atoms with E-state index in [1.807, 2.05) is 24.0 Å². The summed E-state index contributed by atoms with van der Waals surface area (Å²) >= 11 is 0. The molecular formula is C24H31FN4O2. The van der Waals surface area contributed by atoms with E-state index in [2.05, 4.69) is 18.7 Å². The molecule has 6 nitrogen and oxygen atoms in total. The lowest BCUT2D eigenvalue weighted by Gasteiger charge is -2.37. The fourth-order valence-corrected chi connectivity index (χ4v) is 4.44. The van der Waals surface area contributed by atoms with Crippen LogP contribution in [0.1, 0.15) is 48.8 Å². The van der Waals surface area contributed by atoms with E-state index in [9.17, 15) is 9.18 Å². The first-order valence-corrected chi connectivity index (χ1v) is 11.2. The quantitative estimate of drug-likeness (QED) is 0.734. The number of carbonyl (C=O) groups excluding carboxylic acids is 1. The van der Waals surface area contributed by atoms with Crippen molar-refractivity contribution in [3.8, 4) is 0 Å². The number of nitrogens with zero attached hydrogens (tertiary/aromatic N) is 4. The molecule has 2 aromatic rings. The van der Waals surface area contributed by atoms with Gasteiger partial charge in [0.2, 0.25) is 5.91 Å². The van der Waals surface area contributed by atoms with Crippen LogP contribution in [0.3, 0.4) is 0 Å². The molecule has 2 aliphatic heterocycles. The van der Waals surface area contributed by atoms with Gasteiger partial charge in [0, 0.05) is 44.8 Å². The van der Waals surface area contributed by atoms with Gasteiger partial charge in [0.1, 0.15) is 17.5 Å². The van der Waals surface area contributed by atoms with Gasteiger partial charge < -0.3 is 14.5 Å². The van der Waals surface area contributed by atoms with E-state index >= 15 is 0 Å². The highest BCUT2D eigenvalue weighted by atomic mass is 19.1. The lowest BCUT2D eigenvalue weighted by atomic mass is 9.97. The lowest BCUT2D eigenvalue weighted by Crippen LogP contribution is -2.51. The molecule has 0 saturated carbocycles. The SMILES string of the molecule is Cc1nc(C(C)C)c(Cc2ccc(F)cc2)c(N2CCN(C(=O)[C@@H]3CCOC3)CC2)n1. The number of benzene rings is 1. The smallest absolute Gasteiger partial charge is 0.228 e. The molecule has 31 heavy (non-hydrogen) atoms. The van der Waals surface area contributed by atoms with Crippen molar-refractivity contribution in [2.45, 2.75) is 39.5 Å². The van der Waals surface area contributed by atoms with Gasteiger partial charge in [0.15, 0.2) is 0 Å². The molecule has 0 unspecified atom stereocenters. The van der Waals surface area contributed by atoms with E-state index in [4.69, 9.17) is 14.7 Å². The van der Waals surface area contributed by atoms with Crippen molar-refractivity contribution in [1.82, 2.24) is 14.9 Å². The van der Waals surface area contributed by atoms with Gasteiger partial charge in [-0.15, -0.1) is 0 Å². The zero-order chi connectivity index (χ0) is 22.0. The Morgan fingerprint density at radius 1 is 1.16 bits per heavy atom. The highest BCUT2D eigenvalue weighted by Gasteiger charge is 2.31. The van der Waals surface area contributed by atoms with Gasteiger partial charge in [-0.25, -0.2) is 14.4 Å². The number of carbonyl (C=O) groups is 1. The van der Waals surface area contributed by atoms with Crippen LogP contribution >= 0.6 is 0 Å². The maximum atomic E-state index is 13.4. The van der Waals surface area contributed by atoms with Gasteiger partial charge in [-0.2, -0.15) is 0 Å². The Morgan fingerprint density at radius 3 is 2.48 bits per heavy atom. The minimum atomic E-state index is -0.235. The fraction of sp³-hybridized carbons (Fsp3) is 0.542. The van der Waals surface area contributed by atoms with Crippen LogP contribution in [0, 0.1) is 18.7 Å². The molecule has 0 aliphatic carbocycles. The zero-order valence-corrected chi connectivity index (χ0v) is 18.6. The maximum absolute atomic E-state index is 13.4. The Hall–Kier alpha value is -2.54. The number of anilines is 1. The van der Waals surface area contributed by atoms with Crippen LogP contribution in [0.5, 0.6) is 0 Å². The average Bonchev–Trinajstić information content (AvgIpc) is 3.30. The third kappa shape index (κ3) is 4.87. The number of ether oxygens (including phenoxy) is 1. The monoisotopic (exact) mass is 426 g/mol. The summed E-state index contributed by atoms with van der Waals surface area (Å²) in [6.45, 7) is 10.3. The number of piperazine rings is 1. The predicted molar refractivity (Wildman–Crippen MR) is 118 cm³/mol. The Kier molecular flexibility index (Phi) is 6.51. The van der Waals surface area contributed by atoms with E-state index in [-0.39, 0.29) is 23.6 Å². The van der Waals surface area contributed by atoms with E-state index in [1.54, 1.807) is 0 Å². The maximum Gasteiger partial charge on any atom is 0.228 e. The molecular weight excluding hydrogens is 395 g/mol. The second kappa shape index (κ2) is 9.30. The van der Waals surface area contributed by atoms with Crippen molar-refractivity contribution in [3.63, 3.8) is 0 Å². The molecule has 0 spiro atoms. The van der Waals surface area contributed by atoms with Crippen molar-refractivity contribution in [2.24, 2.45) is 5.92 Å². The first-order chi connectivity index (χ1) is 14.9. The van der Waals surface area contributed by atoms with E-state index < -0.39 is 0 Å². The fourth-order valence-electron chi connectivity index (χ4n) is 4.44. The molecule has 0 bridgehead atoms. The van der Waals surface area contributed by atoms with Gasteiger partial charge >= 0.3 is 0 Å². The molecule has 7 heteroatoms. The second-order valence-corrected chi connectivity index (χ2v) is 8.79. The average molecular weight is 427 g/mol. The molecule has 3 heterocycles. The number of rotatable bonds is 5. The standard InChI is InChI=1S/C24H31FN4O2/c1-16(2)22-21(14-18-4-6-20(25)7-5-18)23(27-17(3)26-22)28-9-11-29(12-10-28)24(30)19-8-13-31-15-19/h4-7,16,19H,8-15H2,1-3H3/t19-/m1/s1. The van der Waals surface area contributed by atoms with E-state index in [0.29, 0.717) is 32.7 Å². The molecule has 1 atom stereocenters. The van der Waals surface area contributed by atoms with Crippen LogP contribution in [0.4, 0.5) is 10.2 Å². The van der Waals surface area contributed by atoms with Gasteiger partial charge in [-0.3, -0.25) is 4.79 Å². The van der Waals surface area contributed by atoms with Crippen molar-refractivity contribution in [1.29, 1.82) is 0 Å². The van der Waals surface area contributed by atoms with Crippen LogP contribution in [0.15, 0.2) is 24.3 Å². The minimum Gasteiger partial charge on any atom is -0.381 e. The summed E-state index contributed by atoms with van der Waals surface area (Å²) in [4.78, 5) is 26.6. The molecule has 2 saturated heterocycles. The van der Waals surface area contributed by atoms with Crippen LogP contribution in [0.2, 0.25) is 0 Å². The Balaban J connectivity index is 1.57. The number of amides is 1. The Bertz CT molecular complexity index is 918. The summed E-state index contributed by atoms with van der Waals surface area (Å²) in [5.41, 5.74) is 3.16. The molecule has 2 fully saturated rings. The second-order valence-electron chi connectivity index (χ2n) is 8.79. The number of halogens is 1. The predicted octanol–water partition coefficient (Wildman–Crippen LogP) is 3.32. The summed E-state index contributed by atoms with van der Waals surface area (Å²) in [6.07, 6.45) is 1.48. The largest absolute Gasteiger partial charge is 0.381 e. The molecule has 0 N–H and O–H groups in total. The van der Waals surface area contributed by atoms with Crippen molar-refractivity contribution in [2.75, 3.05) is 44.3 Å². The molecule has 4 rings (SSSR count). The van der Waals surface area contributed by atoms with Crippen molar-refractivity contribution < 1.29 is 13.9 Å². The highest BCUT2D eigenvalue weighted by molar-refractivity contribution is 5.79. The first kappa shape index (κ1) is 21.7. The summed E-state index contributed by atoms with van der Waals surface area (Å²) in [7, 11) is 0. The number of aromatic nitrogens is 2. The van der Waals surface area contributed by atoms with Gasteiger partial charge in [-0.05, 0) is 37.0 Å². The molecule has 1 aromatic heterocycles. The third-order valence-electron chi connectivity index (χ3n) is 6.14. The summed E-state index contributed by atoms with van der Waals surface area (Å²) in [6, 6.07) is 6.64. The lowest BCUT2D eigenvalue weighted by molar-refractivity contribution is -0.135. The van der Waals surface area contributed by atoms with Crippen molar-refractivity contribution >= 4 is 11.7 Å². The summed E-state index contributed by atoms with van der Waals surface area (Å²) in [5.74, 6) is 1.93. The summed E-state index contributed by atoms with van der Waals surface area (Å²) in [5, 5.41) is 0. The van der Waals surface area contributed by atoms with Gasteiger partial charge in [-0.1, -0.05) is 26.0 Å². The molecule has 2 aliphatic rings. The normalized spacial score (nSPS) is 19.3.